The average molecular weight is 512 g/mol. The Bertz CT molecular complexity index is 1110. The molecular weight excluding hydrogens is 478 g/mol. The number of furan rings is 1. The molecule has 4 rings (SSSR count). The maximum atomic E-state index is 12.5. The van der Waals surface area contributed by atoms with Gasteiger partial charge in [0.25, 0.3) is 0 Å². The van der Waals surface area contributed by atoms with Crippen LogP contribution in [0.1, 0.15) is 36.4 Å². The summed E-state index contributed by atoms with van der Waals surface area (Å²) >= 11 is 0. The number of hydrogen-bond acceptors (Lipinski definition) is 8. The highest BCUT2D eigenvalue weighted by Gasteiger charge is 2.34. The van der Waals surface area contributed by atoms with E-state index in [4.69, 9.17) is 19.6 Å². The summed E-state index contributed by atoms with van der Waals surface area (Å²) < 4.78 is 15.8. The summed E-state index contributed by atoms with van der Waals surface area (Å²) in [6, 6.07) is 10.0. The van der Waals surface area contributed by atoms with E-state index in [2.05, 4.69) is 14.8 Å². The smallest absolute Gasteiger partial charge is 0.414 e. The van der Waals surface area contributed by atoms with Crippen LogP contribution in [0.4, 0.5) is 10.5 Å². The van der Waals surface area contributed by atoms with E-state index < -0.39 is 12.0 Å². The molecule has 2 aliphatic heterocycles. The van der Waals surface area contributed by atoms with E-state index in [-0.39, 0.29) is 29.8 Å². The maximum Gasteiger partial charge on any atom is 0.414 e. The molecule has 2 aromatic rings. The summed E-state index contributed by atoms with van der Waals surface area (Å²) in [5.41, 5.74) is 7.21. The Hall–Kier alpha value is -3.70. The van der Waals surface area contributed by atoms with E-state index in [0.29, 0.717) is 37.3 Å². The normalized spacial score (nSPS) is 19.3. The van der Waals surface area contributed by atoms with Crippen LogP contribution in [-0.2, 0) is 14.3 Å². The van der Waals surface area contributed by atoms with E-state index in [1.165, 1.54) is 12.3 Å². The number of cyclic esters (lactones) is 1. The third-order valence-electron chi connectivity index (χ3n) is 6.23. The molecule has 2 amide bonds. The summed E-state index contributed by atoms with van der Waals surface area (Å²) in [6.45, 7) is 8.88. The van der Waals surface area contributed by atoms with Gasteiger partial charge >= 0.3 is 18.0 Å². The van der Waals surface area contributed by atoms with E-state index >= 15 is 0 Å². The van der Waals surface area contributed by atoms with Crippen LogP contribution in [0.25, 0.3) is 0 Å². The number of carbonyl (C=O) groups is 3. The lowest BCUT2D eigenvalue weighted by molar-refractivity contribution is -0.147. The van der Waals surface area contributed by atoms with Crippen molar-refractivity contribution in [2.24, 2.45) is 10.7 Å². The monoisotopic (exact) mass is 511 g/mol. The Morgan fingerprint density at radius 3 is 2.46 bits per heavy atom. The lowest BCUT2D eigenvalue weighted by Crippen LogP contribution is -2.49. The number of amidine groups is 1. The van der Waals surface area contributed by atoms with Gasteiger partial charge in [-0.2, -0.15) is 4.99 Å². The Kier molecular flexibility index (Phi) is 8.57. The first-order chi connectivity index (χ1) is 17.8. The molecule has 37 heavy (non-hydrogen) atoms. The van der Waals surface area contributed by atoms with E-state index in [1.807, 2.05) is 13.8 Å². The molecule has 0 radical (unpaired) electrons. The van der Waals surface area contributed by atoms with Crippen molar-refractivity contribution >= 4 is 29.5 Å². The van der Waals surface area contributed by atoms with Gasteiger partial charge in [0.1, 0.15) is 11.9 Å². The van der Waals surface area contributed by atoms with E-state index in [1.54, 1.807) is 35.2 Å². The Morgan fingerprint density at radius 2 is 1.81 bits per heavy atom. The highest BCUT2D eigenvalue weighted by atomic mass is 16.6. The quantitative estimate of drug-likeness (QED) is 0.305. The summed E-state index contributed by atoms with van der Waals surface area (Å²) in [5.74, 6) is -0.559. The Morgan fingerprint density at radius 1 is 1.11 bits per heavy atom. The third-order valence-corrected chi connectivity index (χ3v) is 6.23. The number of amides is 2. The number of aliphatic imine (C=N–C) groups is 1. The summed E-state index contributed by atoms with van der Waals surface area (Å²) in [4.78, 5) is 46.4. The van der Waals surface area contributed by atoms with Gasteiger partial charge in [-0.1, -0.05) is 0 Å². The number of esters is 1. The van der Waals surface area contributed by atoms with E-state index in [0.717, 1.165) is 26.2 Å². The van der Waals surface area contributed by atoms with Gasteiger partial charge in [0.15, 0.2) is 5.76 Å². The SMILES string of the molecule is CC(C)OC(=O)CCN1CCN(CC2CN(c3ccc(C(N)=NC(=O)c4ccco4)cc3)C(=O)O2)CC1. The van der Waals surface area contributed by atoms with Gasteiger partial charge in [-0.25, -0.2) is 4.79 Å². The second-order valence-corrected chi connectivity index (χ2v) is 9.37. The number of benzene rings is 1. The number of nitrogens with two attached hydrogens (primary N) is 1. The Labute approximate surface area is 215 Å². The molecule has 1 unspecified atom stereocenters. The van der Waals surface area contributed by atoms with Crippen molar-refractivity contribution in [3.63, 3.8) is 0 Å². The fraction of sp³-hybridized carbons (Fsp3) is 0.462. The van der Waals surface area contributed by atoms with Crippen LogP contribution in [0.2, 0.25) is 0 Å². The van der Waals surface area contributed by atoms with Crippen LogP contribution in [0.5, 0.6) is 0 Å². The van der Waals surface area contributed by atoms with Gasteiger partial charge in [-0.05, 0) is 50.2 Å². The fourth-order valence-electron chi connectivity index (χ4n) is 4.32. The van der Waals surface area contributed by atoms with Crippen molar-refractivity contribution in [3.05, 3.63) is 54.0 Å². The molecule has 2 fully saturated rings. The first kappa shape index (κ1) is 26.4. The molecule has 198 valence electrons. The number of hydrogen-bond donors (Lipinski definition) is 1. The van der Waals surface area contributed by atoms with Crippen LogP contribution in [0.15, 0.2) is 52.1 Å². The zero-order valence-electron chi connectivity index (χ0n) is 21.2. The summed E-state index contributed by atoms with van der Waals surface area (Å²) in [7, 11) is 0. The summed E-state index contributed by atoms with van der Waals surface area (Å²) in [5, 5.41) is 0. The molecule has 2 N–H and O–H groups in total. The molecule has 0 spiro atoms. The van der Waals surface area contributed by atoms with Crippen molar-refractivity contribution in [1.82, 2.24) is 9.80 Å². The minimum atomic E-state index is -0.563. The van der Waals surface area contributed by atoms with Crippen molar-refractivity contribution < 1.29 is 28.3 Å². The number of carbonyl (C=O) groups excluding carboxylic acids is 3. The molecule has 11 nitrogen and oxygen atoms in total. The van der Waals surface area contributed by atoms with Crippen molar-refractivity contribution in [2.75, 3.05) is 50.7 Å². The highest BCUT2D eigenvalue weighted by molar-refractivity contribution is 6.08. The van der Waals surface area contributed by atoms with Gasteiger partial charge in [-0.3, -0.25) is 19.4 Å². The highest BCUT2D eigenvalue weighted by Crippen LogP contribution is 2.23. The zero-order chi connectivity index (χ0) is 26.4. The number of rotatable bonds is 9. The van der Waals surface area contributed by atoms with Crippen LogP contribution >= 0.6 is 0 Å². The Balaban J connectivity index is 1.24. The number of piperazine rings is 1. The van der Waals surface area contributed by atoms with Gasteiger partial charge in [0.05, 0.1) is 25.3 Å². The second-order valence-electron chi connectivity index (χ2n) is 9.37. The largest absolute Gasteiger partial charge is 0.463 e. The van der Waals surface area contributed by atoms with Gasteiger partial charge in [-0.15, -0.1) is 0 Å². The second kappa shape index (κ2) is 12.0. The third kappa shape index (κ3) is 7.17. The molecule has 2 saturated heterocycles. The van der Waals surface area contributed by atoms with Crippen LogP contribution < -0.4 is 10.6 Å². The predicted molar refractivity (Wildman–Crippen MR) is 137 cm³/mol. The van der Waals surface area contributed by atoms with Crippen LogP contribution in [0.3, 0.4) is 0 Å². The fourth-order valence-corrected chi connectivity index (χ4v) is 4.32. The molecule has 0 bridgehead atoms. The topological polar surface area (TPSA) is 131 Å². The number of nitrogens with zero attached hydrogens (tertiary/aromatic N) is 4. The van der Waals surface area contributed by atoms with Crippen LogP contribution in [-0.4, -0.2) is 91.6 Å². The minimum Gasteiger partial charge on any atom is -0.463 e. The molecular formula is C26H33N5O6. The molecule has 1 aromatic carbocycles. The molecule has 0 saturated carbocycles. The van der Waals surface area contributed by atoms with Gasteiger partial charge in [0, 0.05) is 50.5 Å². The minimum absolute atomic E-state index is 0.0609. The molecule has 3 heterocycles. The maximum absolute atomic E-state index is 12.5. The van der Waals surface area contributed by atoms with Crippen LogP contribution in [0, 0.1) is 0 Å². The molecule has 11 heteroatoms. The van der Waals surface area contributed by atoms with Crippen molar-refractivity contribution in [3.8, 4) is 0 Å². The van der Waals surface area contributed by atoms with Crippen molar-refractivity contribution in [2.45, 2.75) is 32.5 Å². The molecule has 2 aliphatic rings. The molecule has 0 aliphatic carbocycles. The number of anilines is 1. The van der Waals surface area contributed by atoms with Gasteiger partial charge < -0.3 is 24.5 Å². The first-order valence-corrected chi connectivity index (χ1v) is 12.4. The zero-order valence-corrected chi connectivity index (χ0v) is 21.2. The molecule has 1 aromatic heterocycles. The lowest BCUT2D eigenvalue weighted by atomic mass is 10.1. The van der Waals surface area contributed by atoms with Gasteiger partial charge in [0.2, 0.25) is 0 Å². The lowest BCUT2D eigenvalue weighted by Gasteiger charge is -2.35. The van der Waals surface area contributed by atoms with Crippen molar-refractivity contribution in [1.29, 1.82) is 0 Å². The number of ether oxygens (including phenoxy) is 2. The average Bonchev–Trinajstić information content (AvgIpc) is 3.53. The standard InChI is InChI=1S/C26H33N5O6/c1-18(2)36-23(32)9-10-29-11-13-30(14-12-29)16-21-17-31(26(34)37-21)20-7-5-19(6-8-20)24(27)28-25(33)22-4-3-15-35-22/h3-8,15,18,21H,9-14,16-17H2,1-2H3,(H2,27,28,33). The summed E-state index contributed by atoms with van der Waals surface area (Å²) in [6.07, 6.45) is 1.06. The van der Waals surface area contributed by atoms with E-state index in [9.17, 15) is 14.4 Å². The first-order valence-electron chi connectivity index (χ1n) is 12.4. The molecule has 1 atom stereocenters. The predicted octanol–water partition coefficient (Wildman–Crippen LogP) is 2.11.